The van der Waals surface area contributed by atoms with E-state index in [4.69, 9.17) is 5.11 Å². The molecule has 2 atom stereocenters. The standard InChI is InChI=1S/C19H32O2/c1-7-19(6,14-17(5)18(20)21)13-9-12-16(4)11-8-10-15(2)3/h7,10,12,17H,1,8-9,11,13-14H2,2-6H3,(H,20,21). The summed E-state index contributed by atoms with van der Waals surface area (Å²) in [6.45, 7) is 14.2. The summed E-state index contributed by atoms with van der Waals surface area (Å²) in [6, 6.07) is 0. The number of hydrogen-bond donors (Lipinski definition) is 1. The fourth-order valence-electron chi connectivity index (χ4n) is 2.41. The van der Waals surface area contributed by atoms with Gasteiger partial charge in [0.1, 0.15) is 0 Å². The van der Waals surface area contributed by atoms with E-state index in [1.807, 2.05) is 6.08 Å². The van der Waals surface area contributed by atoms with Crippen LogP contribution in [0.1, 0.15) is 66.7 Å². The normalized spacial score (nSPS) is 16.0. The van der Waals surface area contributed by atoms with Crippen molar-refractivity contribution in [1.82, 2.24) is 0 Å². The fraction of sp³-hybridized carbons (Fsp3) is 0.632. The second-order valence-corrected chi connectivity index (χ2v) is 6.71. The third kappa shape index (κ3) is 9.28. The van der Waals surface area contributed by atoms with Crippen LogP contribution in [0, 0.1) is 11.3 Å². The summed E-state index contributed by atoms with van der Waals surface area (Å²) < 4.78 is 0. The molecule has 0 aliphatic carbocycles. The lowest BCUT2D eigenvalue weighted by Gasteiger charge is -2.27. The molecular weight excluding hydrogens is 260 g/mol. The molecule has 0 aliphatic rings. The van der Waals surface area contributed by atoms with Crippen LogP contribution in [0.25, 0.3) is 0 Å². The molecule has 2 unspecified atom stereocenters. The van der Waals surface area contributed by atoms with Gasteiger partial charge >= 0.3 is 5.97 Å². The lowest BCUT2D eigenvalue weighted by molar-refractivity contribution is -0.142. The van der Waals surface area contributed by atoms with Crippen molar-refractivity contribution in [3.63, 3.8) is 0 Å². The van der Waals surface area contributed by atoms with Gasteiger partial charge in [0.2, 0.25) is 0 Å². The van der Waals surface area contributed by atoms with Crippen LogP contribution < -0.4 is 0 Å². The minimum absolute atomic E-state index is 0.103. The van der Waals surface area contributed by atoms with E-state index in [-0.39, 0.29) is 11.3 Å². The van der Waals surface area contributed by atoms with Crippen LogP contribution in [0.5, 0.6) is 0 Å². The van der Waals surface area contributed by atoms with E-state index < -0.39 is 5.97 Å². The molecule has 0 aromatic carbocycles. The van der Waals surface area contributed by atoms with Crippen molar-refractivity contribution in [2.45, 2.75) is 66.7 Å². The highest BCUT2D eigenvalue weighted by Crippen LogP contribution is 2.33. The van der Waals surface area contributed by atoms with Crippen molar-refractivity contribution in [3.8, 4) is 0 Å². The lowest BCUT2D eigenvalue weighted by atomic mass is 9.78. The Hall–Kier alpha value is -1.31. The zero-order chi connectivity index (χ0) is 16.5. The SMILES string of the molecule is C=CC(C)(CCC=C(C)CCC=C(C)C)CC(C)C(=O)O. The lowest BCUT2D eigenvalue weighted by Crippen LogP contribution is -2.21. The smallest absolute Gasteiger partial charge is 0.306 e. The molecule has 0 spiro atoms. The van der Waals surface area contributed by atoms with Crippen molar-refractivity contribution in [3.05, 3.63) is 36.0 Å². The summed E-state index contributed by atoms with van der Waals surface area (Å²) in [5, 5.41) is 9.04. The van der Waals surface area contributed by atoms with E-state index in [9.17, 15) is 4.79 Å². The van der Waals surface area contributed by atoms with Gasteiger partial charge in [-0.1, -0.05) is 43.2 Å². The van der Waals surface area contributed by atoms with Crippen LogP contribution in [0.4, 0.5) is 0 Å². The molecule has 2 nitrogen and oxygen atoms in total. The molecule has 0 bridgehead atoms. The van der Waals surface area contributed by atoms with Crippen LogP contribution in [-0.2, 0) is 4.79 Å². The van der Waals surface area contributed by atoms with Gasteiger partial charge in [-0.2, -0.15) is 0 Å². The summed E-state index contributed by atoms with van der Waals surface area (Å²) in [4.78, 5) is 11.0. The second-order valence-electron chi connectivity index (χ2n) is 6.71. The van der Waals surface area contributed by atoms with Gasteiger partial charge in [-0.25, -0.2) is 0 Å². The third-order valence-corrected chi connectivity index (χ3v) is 3.99. The van der Waals surface area contributed by atoms with Gasteiger partial charge in [-0.3, -0.25) is 4.79 Å². The van der Waals surface area contributed by atoms with Crippen molar-refractivity contribution in [1.29, 1.82) is 0 Å². The molecule has 0 rings (SSSR count). The Morgan fingerprint density at radius 2 is 1.86 bits per heavy atom. The first-order valence-electron chi connectivity index (χ1n) is 7.85. The molecule has 0 saturated carbocycles. The minimum atomic E-state index is -0.725. The topological polar surface area (TPSA) is 37.3 Å². The van der Waals surface area contributed by atoms with Gasteiger partial charge in [0.25, 0.3) is 0 Å². The van der Waals surface area contributed by atoms with Gasteiger partial charge in [0, 0.05) is 0 Å². The van der Waals surface area contributed by atoms with E-state index in [0.717, 1.165) is 25.7 Å². The van der Waals surface area contributed by atoms with Gasteiger partial charge in [-0.15, -0.1) is 6.58 Å². The fourth-order valence-corrected chi connectivity index (χ4v) is 2.41. The largest absolute Gasteiger partial charge is 0.481 e. The monoisotopic (exact) mass is 292 g/mol. The second kappa shape index (κ2) is 9.59. The first-order chi connectivity index (χ1) is 9.70. The molecule has 120 valence electrons. The number of rotatable bonds is 10. The highest BCUT2D eigenvalue weighted by atomic mass is 16.4. The van der Waals surface area contributed by atoms with Crippen LogP contribution in [-0.4, -0.2) is 11.1 Å². The molecule has 2 heteroatoms. The Balaban J connectivity index is 4.35. The Morgan fingerprint density at radius 1 is 1.24 bits per heavy atom. The quantitative estimate of drug-likeness (QED) is 0.519. The molecule has 0 heterocycles. The van der Waals surface area contributed by atoms with Crippen molar-refractivity contribution in [2.75, 3.05) is 0 Å². The number of aliphatic carboxylic acids is 1. The van der Waals surface area contributed by atoms with E-state index in [0.29, 0.717) is 6.42 Å². The van der Waals surface area contributed by atoms with E-state index >= 15 is 0 Å². The van der Waals surface area contributed by atoms with E-state index in [1.54, 1.807) is 6.92 Å². The summed E-state index contributed by atoms with van der Waals surface area (Å²) >= 11 is 0. The zero-order valence-corrected chi connectivity index (χ0v) is 14.4. The van der Waals surface area contributed by atoms with E-state index in [1.165, 1.54) is 11.1 Å². The highest BCUT2D eigenvalue weighted by Gasteiger charge is 2.25. The van der Waals surface area contributed by atoms with Crippen molar-refractivity contribution >= 4 is 5.97 Å². The summed E-state index contributed by atoms with van der Waals surface area (Å²) in [5.41, 5.74) is 2.67. The molecule has 0 aromatic heterocycles. The minimum Gasteiger partial charge on any atom is -0.481 e. The maximum Gasteiger partial charge on any atom is 0.306 e. The van der Waals surface area contributed by atoms with Crippen LogP contribution >= 0.6 is 0 Å². The zero-order valence-electron chi connectivity index (χ0n) is 14.4. The predicted octanol–water partition coefficient (Wildman–Crippen LogP) is 5.76. The van der Waals surface area contributed by atoms with E-state index in [2.05, 4.69) is 46.4 Å². The van der Waals surface area contributed by atoms with Crippen molar-refractivity contribution in [2.24, 2.45) is 11.3 Å². The van der Waals surface area contributed by atoms with Crippen molar-refractivity contribution < 1.29 is 9.90 Å². The highest BCUT2D eigenvalue weighted by molar-refractivity contribution is 5.69. The van der Waals surface area contributed by atoms with Crippen LogP contribution in [0.15, 0.2) is 36.0 Å². The summed E-state index contributed by atoms with van der Waals surface area (Å²) in [5.74, 6) is -1.05. The molecule has 0 radical (unpaired) electrons. The van der Waals surface area contributed by atoms with Gasteiger partial charge < -0.3 is 5.11 Å². The van der Waals surface area contributed by atoms with Gasteiger partial charge in [0.15, 0.2) is 0 Å². The molecular formula is C19H32O2. The molecule has 0 fully saturated rings. The molecule has 0 amide bonds. The number of hydrogen-bond acceptors (Lipinski definition) is 1. The maximum absolute atomic E-state index is 11.0. The average molecular weight is 292 g/mol. The summed E-state index contributed by atoms with van der Waals surface area (Å²) in [7, 11) is 0. The molecule has 21 heavy (non-hydrogen) atoms. The van der Waals surface area contributed by atoms with Gasteiger partial charge in [-0.05, 0) is 58.3 Å². The molecule has 0 saturated heterocycles. The summed E-state index contributed by atoms with van der Waals surface area (Å²) in [6.07, 6.45) is 11.2. The van der Waals surface area contributed by atoms with Crippen LogP contribution in [0.2, 0.25) is 0 Å². The maximum atomic E-state index is 11.0. The van der Waals surface area contributed by atoms with Gasteiger partial charge in [0.05, 0.1) is 5.92 Å². The Morgan fingerprint density at radius 3 is 2.33 bits per heavy atom. The Kier molecular flexibility index (Phi) is 9.00. The molecule has 1 N–H and O–H groups in total. The molecule has 0 aliphatic heterocycles. The Bertz CT molecular complexity index is 400. The van der Waals surface area contributed by atoms with Crippen LogP contribution in [0.3, 0.4) is 0 Å². The number of allylic oxidation sites excluding steroid dienone is 5. The Labute approximate surface area is 130 Å². The number of carboxylic acids is 1. The first-order valence-corrected chi connectivity index (χ1v) is 7.85. The predicted molar refractivity (Wildman–Crippen MR) is 91.4 cm³/mol. The third-order valence-electron chi connectivity index (χ3n) is 3.99. The number of carbonyl (C=O) groups is 1. The first kappa shape index (κ1) is 19.7. The average Bonchev–Trinajstić information content (AvgIpc) is 2.38. The number of carboxylic acid groups (broad SMARTS) is 1. The molecule has 0 aromatic rings.